The van der Waals surface area contributed by atoms with Gasteiger partial charge >= 0.3 is 0 Å². The molecule has 100 valence electrons. The number of nitrogens with zero attached hydrogens (tertiary/aromatic N) is 1. The van der Waals surface area contributed by atoms with Gasteiger partial charge in [-0.3, -0.25) is 4.90 Å². The van der Waals surface area contributed by atoms with E-state index in [1.54, 1.807) is 0 Å². The quantitative estimate of drug-likeness (QED) is 0.890. The Labute approximate surface area is 114 Å². The summed E-state index contributed by atoms with van der Waals surface area (Å²) >= 11 is 0. The van der Waals surface area contributed by atoms with Gasteiger partial charge in [-0.25, -0.2) is 0 Å². The zero-order valence-electron chi connectivity index (χ0n) is 11.1. The van der Waals surface area contributed by atoms with Crippen LogP contribution in [0.1, 0.15) is 0 Å². The second-order valence-corrected chi connectivity index (χ2v) is 5.19. The summed E-state index contributed by atoms with van der Waals surface area (Å²) in [5.41, 5.74) is 5.62. The van der Waals surface area contributed by atoms with Crippen LogP contribution in [0.2, 0.25) is 0 Å². The molecular weight excluding hydrogens is 236 g/mol. The number of likely N-dealkylation sites (tertiary alicyclic amines) is 1. The molecule has 1 heterocycles. The Balaban J connectivity index is 1.57. The molecule has 2 N–H and O–H groups in total. The minimum Gasteiger partial charge on any atom is -0.492 e. The molecule has 0 spiro atoms. The van der Waals surface area contributed by atoms with Crippen LogP contribution >= 0.6 is 0 Å². The van der Waals surface area contributed by atoms with Crippen LogP contribution < -0.4 is 10.5 Å². The molecule has 0 atom stereocenters. The first-order chi connectivity index (χ1) is 9.36. The van der Waals surface area contributed by atoms with Gasteiger partial charge in [0.15, 0.2) is 0 Å². The molecule has 1 fully saturated rings. The lowest BCUT2D eigenvalue weighted by Crippen LogP contribution is -2.50. The molecule has 0 unspecified atom stereocenters. The molecule has 0 saturated carbocycles. The monoisotopic (exact) mass is 256 g/mol. The second kappa shape index (κ2) is 5.59. The molecule has 0 bridgehead atoms. The molecule has 0 amide bonds. The fraction of sp³-hybridized carbons (Fsp3) is 0.375. The van der Waals surface area contributed by atoms with Gasteiger partial charge in [0.2, 0.25) is 0 Å². The third kappa shape index (κ3) is 2.72. The first-order valence-electron chi connectivity index (χ1n) is 6.90. The van der Waals surface area contributed by atoms with Crippen molar-refractivity contribution in [1.29, 1.82) is 0 Å². The van der Waals surface area contributed by atoms with Gasteiger partial charge in [-0.15, -0.1) is 0 Å². The van der Waals surface area contributed by atoms with Crippen molar-refractivity contribution in [3.8, 4) is 5.75 Å². The molecule has 19 heavy (non-hydrogen) atoms. The Hall–Kier alpha value is -1.58. The molecule has 2 aromatic carbocycles. The number of hydrogen-bond donors (Lipinski definition) is 1. The van der Waals surface area contributed by atoms with Crippen LogP contribution in [0, 0.1) is 5.92 Å². The van der Waals surface area contributed by atoms with Gasteiger partial charge in [-0.1, -0.05) is 36.4 Å². The highest BCUT2D eigenvalue weighted by Crippen LogP contribution is 2.25. The number of benzene rings is 2. The van der Waals surface area contributed by atoms with Crippen molar-refractivity contribution in [3.05, 3.63) is 42.5 Å². The Morgan fingerprint density at radius 3 is 2.74 bits per heavy atom. The predicted molar refractivity (Wildman–Crippen MR) is 78.4 cm³/mol. The van der Waals surface area contributed by atoms with Crippen molar-refractivity contribution in [2.45, 2.75) is 0 Å². The smallest absolute Gasteiger partial charge is 0.127 e. The summed E-state index contributed by atoms with van der Waals surface area (Å²) in [6.45, 7) is 4.77. The van der Waals surface area contributed by atoms with E-state index in [-0.39, 0.29) is 0 Å². The summed E-state index contributed by atoms with van der Waals surface area (Å²) in [7, 11) is 0. The van der Waals surface area contributed by atoms with Crippen LogP contribution in [0.4, 0.5) is 0 Å². The third-order valence-corrected chi connectivity index (χ3v) is 3.78. The van der Waals surface area contributed by atoms with Crippen LogP contribution in [0.5, 0.6) is 5.75 Å². The highest BCUT2D eigenvalue weighted by molar-refractivity contribution is 5.88. The van der Waals surface area contributed by atoms with Crippen molar-refractivity contribution in [2.75, 3.05) is 32.8 Å². The van der Waals surface area contributed by atoms with E-state index in [1.807, 2.05) is 12.1 Å². The number of rotatable bonds is 5. The first-order valence-corrected chi connectivity index (χ1v) is 6.90. The molecule has 0 aromatic heterocycles. The lowest BCUT2D eigenvalue weighted by atomic mass is 10.0. The minimum absolute atomic E-state index is 0.692. The maximum absolute atomic E-state index is 5.92. The molecule has 2 aromatic rings. The van der Waals surface area contributed by atoms with Crippen molar-refractivity contribution < 1.29 is 4.74 Å². The summed E-state index contributed by atoms with van der Waals surface area (Å²) in [5.74, 6) is 1.67. The molecular formula is C16H20N2O. The summed E-state index contributed by atoms with van der Waals surface area (Å²) in [5, 5.41) is 2.42. The summed E-state index contributed by atoms with van der Waals surface area (Å²) in [6, 6.07) is 14.5. The SMILES string of the molecule is NCC1CN(CCOc2cccc3ccccc23)C1. The summed E-state index contributed by atoms with van der Waals surface area (Å²) < 4.78 is 5.92. The lowest BCUT2D eigenvalue weighted by molar-refractivity contribution is 0.0878. The zero-order chi connectivity index (χ0) is 13.1. The first kappa shape index (κ1) is 12.5. The summed E-state index contributed by atoms with van der Waals surface area (Å²) in [4.78, 5) is 2.39. The van der Waals surface area contributed by atoms with Gasteiger partial charge in [-0.05, 0) is 23.9 Å². The number of nitrogens with two attached hydrogens (primary N) is 1. The Morgan fingerprint density at radius 1 is 1.11 bits per heavy atom. The normalized spacial score (nSPS) is 16.5. The Kier molecular flexibility index (Phi) is 3.67. The van der Waals surface area contributed by atoms with Crippen molar-refractivity contribution in [1.82, 2.24) is 4.90 Å². The number of ether oxygens (including phenoxy) is 1. The van der Waals surface area contributed by atoms with E-state index < -0.39 is 0 Å². The van der Waals surface area contributed by atoms with Crippen LogP contribution in [-0.4, -0.2) is 37.7 Å². The van der Waals surface area contributed by atoms with E-state index in [4.69, 9.17) is 10.5 Å². The minimum atomic E-state index is 0.692. The zero-order valence-corrected chi connectivity index (χ0v) is 11.1. The van der Waals surface area contributed by atoms with Gasteiger partial charge in [0.1, 0.15) is 12.4 Å². The fourth-order valence-corrected chi connectivity index (χ4v) is 2.61. The molecule has 1 saturated heterocycles. The average Bonchev–Trinajstić information content (AvgIpc) is 2.41. The summed E-state index contributed by atoms with van der Waals surface area (Å²) in [6.07, 6.45) is 0. The van der Waals surface area contributed by atoms with E-state index in [0.29, 0.717) is 5.92 Å². The van der Waals surface area contributed by atoms with Gasteiger partial charge < -0.3 is 10.5 Å². The van der Waals surface area contributed by atoms with Crippen LogP contribution in [0.25, 0.3) is 10.8 Å². The van der Waals surface area contributed by atoms with E-state index in [1.165, 1.54) is 10.8 Å². The maximum atomic E-state index is 5.92. The third-order valence-electron chi connectivity index (χ3n) is 3.78. The molecule has 0 radical (unpaired) electrons. The molecule has 3 rings (SSSR count). The predicted octanol–water partition coefficient (Wildman–Crippen LogP) is 2.11. The highest BCUT2D eigenvalue weighted by atomic mass is 16.5. The van der Waals surface area contributed by atoms with E-state index in [9.17, 15) is 0 Å². The van der Waals surface area contributed by atoms with Crippen molar-refractivity contribution in [3.63, 3.8) is 0 Å². The van der Waals surface area contributed by atoms with E-state index >= 15 is 0 Å². The topological polar surface area (TPSA) is 38.5 Å². The second-order valence-electron chi connectivity index (χ2n) is 5.19. The Morgan fingerprint density at radius 2 is 1.89 bits per heavy atom. The Bertz CT molecular complexity index is 544. The van der Waals surface area contributed by atoms with Gasteiger partial charge in [0.25, 0.3) is 0 Å². The largest absolute Gasteiger partial charge is 0.492 e. The van der Waals surface area contributed by atoms with E-state index in [2.05, 4.69) is 35.2 Å². The number of fused-ring (bicyclic) bond motifs is 1. The van der Waals surface area contributed by atoms with Crippen LogP contribution in [0.3, 0.4) is 0 Å². The highest BCUT2D eigenvalue weighted by Gasteiger charge is 2.24. The standard InChI is InChI=1S/C16H20N2O/c17-10-13-11-18(12-13)8-9-19-16-7-3-5-14-4-1-2-6-15(14)16/h1-7,13H,8-12,17H2. The number of hydrogen-bond acceptors (Lipinski definition) is 3. The molecule has 3 heteroatoms. The molecule has 3 nitrogen and oxygen atoms in total. The average molecular weight is 256 g/mol. The van der Waals surface area contributed by atoms with Crippen LogP contribution in [0.15, 0.2) is 42.5 Å². The molecule has 0 aliphatic carbocycles. The maximum Gasteiger partial charge on any atom is 0.127 e. The van der Waals surface area contributed by atoms with Crippen molar-refractivity contribution in [2.24, 2.45) is 11.7 Å². The van der Waals surface area contributed by atoms with E-state index in [0.717, 1.165) is 38.5 Å². The van der Waals surface area contributed by atoms with Gasteiger partial charge in [0.05, 0.1) is 0 Å². The van der Waals surface area contributed by atoms with Crippen molar-refractivity contribution >= 4 is 10.8 Å². The van der Waals surface area contributed by atoms with Crippen LogP contribution in [-0.2, 0) is 0 Å². The fourth-order valence-electron chi connectivity index (χ4n) is 2.61. The van der Waals surface area contributed by atoms with Gasteiger partial charge in [0, 0.05) is 25.0 Å². The lowest BCUT2D eigenvalue weighted by Gasteiger charge is -2.38. The van der Waals surface area contributed by atoms with Gasteiger partial charge in [-0.2, -0.15) is 0 Å². The molecule has 1 aliphatic heterocycles. The molecule has 1 aliphatic rings.